The van der Waals surface area contributed by atoms with Gasteiger partial charge in [-0.15, -0.1) is 0 Å². The van der Waals surface area contributed by atoms with E-state index in [1.54, 1.807) is 56.3 Å². The zero-order chi connectivity index (χ0) is 40.4. The quantitative estimate of drug-likeness (QED) is 0.185. The highest BCUT2D eigenvalue weighted by Crippen LogP contribution is 2.40. The Morgan fingerprint density at radius 3 is 2.46 bits per heavy atom. The lowest BCUT2D eigenvalue weighted by Gasteiger charge is -2.34. The number of thiocarbonyl (C=S) groups is 1. The van der Waals surface area contributed by atoms with Gasteiger partial charge in [0, 0.05) is 56.2 Å². The number of nitriles is 1. The van der Waals surface area contributed by atoms with Gasteiger partial charge < -0.3 is 20.3 Å². The van der Waals surface area contributed by atoms with Gasteiger partial charge in [-0.3, -0.25) is 39.2 Å². The molecule has 3 fully saturated rings. The molecule has 1 aromatic heterocycles. The molecule has 0 spiro atoms. The summed E-state index contributed by atoms with van der Waals surface area (Å²) in [5.74, 6) is -1.04. The lowest BCUT2D eigenvalue weighted by molar-refractivity contribution is -0.138. The van der Waals surface area contributed by atoms with Crippen molar-refractivity contribution >= 4 is 75.3 Å². The average Bonchev–Trinajstić information content (AvgIpc) is 3.32. The monoisotopic (exact) mass is 811 g/mol. The first-order valence-corrected chi connectivity index (χ1v) is 18.4. The number of alkyl halides is 3. The highest BCUT2D eigenvalue weighted by atomic mass is 35.5. The standard InChI is InChI=1S/C37H37ClF3N9O5S/c1-36(2)34(54)49(25-17-26(37(39,40)41)29(19-42)43-20-25)35(56)50(36)24-6-8-30(27(38)18-24)55-15-14-47-10-12-48(13-11-47)21-32(52)45-23-5-3-4-22(16-23)44-28-7-9-31(51)46-33(28)53/h3-6,8,16-18,20,28,44H,7,9-15,21H2,1-2H3,(H,45,52)(H,46,51,53). The summed E-state index contributed by atoms with van der Waals surface area (Å²) in [6, 6.07) is 13.5. The summed E-state index contributed by atoms with van der Waals surface area (Å²) in [6.07, 6.45) is -3.22. The number of imide groups is 1. The fourth-order valence-corrected chi connectivity index (χ4v) is 7.41. The van der Waals surface area contributed by atoms with Crippen molar-refractivity contribution in [1.82, 2.24) is 20.1 Å². The minimum absolute atomic E-state index is 0.0884. The maximum absolute atomic E-state index is 13.7. The molecule has 3 aliphatic heterocycles. The molecule has 6 rings (SSSR count). The van der Waals surface area contributed by atoms with Gasteiger partial charge in [-0.05, 0) is 75.0 Å². The lowest BCUT2D eigenvalue weighted by atomic mass is 10.0. The summed E-state index contributed by atoms with van der Waals surface area (Å²) >= 11 is 12.2. The highest BCUT2D eigenvalue weighted by molar-refractivity contribution is 7.81. The van der Waals surface area contributed by atoms with E-state index in [-0.39, 0.29) is 46.5 Å². The fraction of sp³-hybridized carbons (Fsp3) is 0.378. The van der Waals surface area contributed by atoms with Crippen LogP contribution >= 0.6 is 23.8 Å². The van der Waals surface area contributed by atoms with Gasteiger partial charge in [0.15, 0.2) is 10.8 Å². The second-order valence-corrected chi connectivity index (χ2v) is 14.6. The first-order chi connectivity index (χ1) is 26.5. The topological polar surface area (TPSA) is 163 Å². The van der Waals surface area contributed by atoms with Gasteiger partial charge in [0.1, 0.15) is 30.0 Å². The zero-order valence-electron chi connectivity index (χ0n) is 30.3. The molecular weight excluding hydrogens is 775 g/mol. The molecule has 14 nitrogen and oxygen atoms in total. The maximum Gasteiger partial charge on any atom is 0.419 e. The first-order valence-electron chi connectivity index (χ1n) is 17.6. The molecule has 2 aromatic carbocycles. The summed E-state index contributed by atoms with van der Waals surface area (Å²) in [4.78, 5) is 60.2. The molecule has 56 heavy (non-hydrogen) atoms. The molecule has 294 valence electrons. The van der Waals surface area contributed by atoms with Crippen molar-refractivity contribution in [2.75, 3.05) is 66.3 Å². The minimum atomic E-state index is -4.87. The van der Waals surface area contributed by atoms with Crippen LogP contribution in [0.5, 0.6) is 5.75 Å². The predicted octanol–water partition coefficient (Wildman–Crippen LogP) is 4.39. The highest BCUT2D eigenvalue weighted by Gasteiger charge is 2.51. The van der Waals surface area contributed by atoms with Gasteiger partial charge in [-0.1, -0.05) is 17.7 Å². The Labute approximate surface area is 330 Å². The molecule has 0 saturated carbocycles. The number of hydrogen-bond donors (Lipinski definition) is 3. The zero-order valence-corrected chi connectivity index (χ0v) is 31.9. The summed E-state index contributed by atoms with van der Waals surface area (Å²) in [5, 5.41) is 17.6. The Hall–Kier alpha value is -5.35. The third-order valence-electron chi connectivity index (χ3n) is 9.61. The molecule has 1 atom stereocenters. The van der Waals surface area contributed by atoms with Crippen LogP contribution in [0.1, 0.15) is 37.9 Å². The van der Waals surface area contributed by atoms with E-state index in [4.69, 9.17) is 33.8 Å². The number of nitrogens with one attached hydrogen (secondary N) is 3. The van der Waals surface area contributed by atoms with E-state index in [9.17, 15) is 32.3 Å². The van der Waals surface area contributed by atoms with Crippen LogP contribution in [0, 0.1) is 11.3 Å². The van der Waals surface area contributed by atoms with Gasteiger partial charge in [-0.25, -0.2) is 4.98 Å². The van der Waals surface area contributed by atoms with Crippen LogP contribution in [0.4, 0.5) is 35.9 Å². The van der Waals surface area contributed by atoms with E-state index in [2.05, 4.69) is 30.7 Å². The number of aromatic nitrogens is 1. The van der Waals surface area contributed by atoms with Gasteiger partial charge in [-0.2, -0.15) is 18.4 Å². The number of nitrogens with zero attached hydrogens (tertiary/aromatic N) is 6. The van der Waals surface area contributed by atoms with Crippen LogP contribution in [-0.4, -0.2) is 101 Å². The fourth-order valence-electron chi connectivity index (χ4n) is 6.66. The first kappa shape index (κ1) is 40.3. The van der Waals surface area contributed by atoms with Crippen LogP contribution in [0.3, 0.4) is 0 Å². The Kier molecular flexibility index (Phi) is 11.8. The van der Waals surface area contributed by atoms with Gasteiger partial charge in [0.2, 0.25) is 17.7 Å². The number of ether oxygens (including phenoxy) is 1. The molecule has 0 aliphatic carbocycles. The van der Waals surface area contributed by atoms with Crippen molar-refractivity contribution < 1.29 is 37.1 Å². The number of piperazine rings is 1. The van der Waals surface area contributed by atoms with E-state index in [1.165, 1.54) is 11.0 Å². The van der Waals surface area contributed by atoms with E-state index < -0.39 is 34.9 Å². The number of anilines is 4. The van der Waals surface area contributed by atoms with Crippen molar-refractivity contribution in [3.8, 4) is 11.8 Å². The van der Waals surface area contributed by atoms with Crippen LogP contribution in [-0.2, 0) is 25.4 Å². The SMILES string of the molecule is CC1(C)C(=O)N(c2cnc(C#N)c(C(F)(F)F)c2)C(=S)N1c1ccc(OCCN2CCN(CC(=O)Nc3cccc(NC4CCC(=O)NC4=O)c3)CC2)c(Cl)c1. The number of hydrogen-bond acceptors (Lipinski definition) is 11. The Balaban J connectivity index is 0.976. The van der Waals surface area contributed by atoms with Gasteiger partial charge in [0.25, 0.3) is 5.91 Å². The number of pyridine rings is 1. The maximum atomic E-state index is 13.7. The molecule has 0 bridgehead atoms. The Morgan fingerprint density at radius 1 is 1.07 bits per heavy atom. The van der Waals surface area contributed by atoms with Crippen molar-refractivity contribution in [2.24, 2.45) is 0 Å². The third-order valence-corrected chi connectivity index (χ3v) is 10.3. The van der Waals surface area contributed by atoms with Gasteiger partial charge in [0.05, 0.1) is 29.0 Å². The van der Waals surface area contributed by atoms with Crippen LogP contribution < -0.4 is 30.5 Å². The summed E-state index contributed by atoms with van der Waals surface area (Å²) < 4.78 is 47.0. The second kappa shape index (κ2) is 16.4. The molecule has 3 aliphatic rings. The number of carbonyl (C=O) groups excluding carboxylic acids is 4. The van der Waals surface area contributed by atoms with E-state index in [0.29, 0.717) is 74.6 Å². The molecular formula is C37H37ClF3N9O5S. The van der Waals surface area contributed by atoms with Crippen LogP contribution in [0.15, 0.2) is 54.7 Å². The smallest absolute Gasteiger partial charge is 0.419 e. The molecule has 3 aromatic rings. The summed E-state index contributed by atoms with van der Waals surface area (Å²) in [6.45, 7) is 7.02. The van der Waals surface area contributed by atoms with Crippen molar-refractivity contribution in [1.29, 1.82) is 5.26 Å². The van der Waals surface area contributed by atoms with Crippen LogP contribution in [0.25, 0.3) is 0 Å². The number of halogens is 4. The number of rotatable bonds is 11. The van der Waals surface area contributed by atoms with E-state index >= 15 is 0 Å². The van der Waals surface area contributed by atoms with Crippen molar-refractivity contribution in [3.05, 3.63) is 71.0 Å². The Bertz CT molecular complexity index is 2110. The third kappa shape index (κ3) is 8.86. The number of amides is 4. The van der Waals surface area contributed by atoms with Gasteiger partial charge >= 0.3 is 6.18 Å². The largest absolute Gasteiger partial charge is 0.491 e. The Morgan fingerprint density at radius 2 is 1.79 bits per heavy atom. The average molecular weight is 812 g/mol. The van der Waals surface area contributed by atoms with E-state index in [0.717, 1.165) is 11.1 Å². The van der Waals surface area contributed by atoms with E-state index in [1.807, 2.05) is 0 Å². The molecule has 4 heterocycles. The normalized spacial score (nSPS) is 19.1. The predicted molar refractivity (Wildman–Crippen MR) is 205 cm³/mol. The minimum Gasteiger partial charge on any atom is -0.491 e. The lowest BCUT2D eigenvalue weighted by Crippen LogP contribution is -2.49. The number of piperidine rings is 1. The summed E-state index contributed by atoms with van der Waals surface area (Å²) in [5.41, 5.74) is -1.96. The number of benzene rings is 2. The van der Waals surface area contributed by atoms with Crippen LogP contribution in [0.2, 0.25) is 5.02 Å². The second-order valence-electron chi connectivity index (χ2n) is 13.9. The molecule has 3 N–H and O–H groups in total. The molecule has 0 radical (unpaired) electrons. The molecule has 1 unspecified atom stereocenters. The van der Waals surface area contributed by atoms with Crippen molar-refractivity contribution in [2.45, 2.75) is 44.4 Å². The summed E-state index contributed by atoms with van der Waals surface area (Å²) in [7, 11) is 0. The molecule has 19 heteroatoms. The number of carbonyl (C=O) groups is 4. The molecule has 4 amide bonds. The van der Waals surface area contributed by atoms with Crippen molar-refractivity contribution in [3.63, 3.8) is 0 Å². The molecule has 3 saturated heterocycles.